The van der Waals surface area contributed by atoms with E-state index < -0.39 is 28.7 Å². The van der Waals surface area contributed by atoms with Gasteiger partial charge in [-0.05, 0) is 55.3 Å². The third-order valence-electron chi connectivity index (χ3n) is 7.63. The minimum atomic E-state index is -1.32. The lowest BCUT2D eigenvalue weighted by Gasteiger charge is -2.64. The molecule has 4 aliphatic rings. The molecule has 4 aliphatic carbocycles. The molecule has 4 bridgehead atoms. The monoisotopic (exact) mass is 488 g/mol. The number of hydrogen-bond acceptors (Lipinski definition) is 8. The number of rotatable bonds is 12. The summed E-state index contributed by atoms with van der Waals surface area (Å²) in [4.78, 5) is 49.0. The van der Waals surface area contributed by atoms with Crippen LogP contribution in [0.4, 0.5) is 0 Å². The van der Waals surface area contributed by atoms with Crippen molar-refractivity contribution in [1.82, 2.24) is 0 Å². The first-order valence-electron chi connectivity index (χ1n) is 11.9. The second kappa shape index (κ2) is 9.99. The Kier molecular flexibility index (Phi) is 7.62. The molecule has 4 fully saturated rings. The Hall–Kier alpha value is -2.90. The highest BCUT2D eigenvalue weighted by Crippen LogP contribution is 2.69. The van der Waals surface area contributed by atoms with Gasteiger partial charge in [-0.15, -0.1) is 0 Å². The van der Waals surface area contributed by atoms with Crippen LogP contribution in [0, 0.1) is 27.6 Å². The van der Waals surface area contributed by atoms with Crippen molar-refractivity contribution in [2.45, 2.75) is 52.4 Å². The van der Waals surface area contributed by atoms with Crippen LogP contribution in [0.2, 0.25) is 0 Å². The predicted octanol–water partition coefficient (Wildman–Crippen LogP) is 3.70. The largest absolute Gasteiger partial charge is 0.464 e. The Morgan fingerprint density at radius 2 is 1.11 bits per heavy atom. The Balaban J connectivity index is 1.81. The first-order valence-corrected chi connectivity index (χ1v) is 11.9. The maximum absolute atomic E-state index is 13.6. The number of esters is 4. The highest BCUT2D eigenvalue weighted by atomic mass is 16.6. The summed E-state index contributed by atoms with van der Waals surface area (Å²) < 4.78 is 21.5. The van der Waals surface area contributed by atoms with E-state index in [0.717, 1.165) is 56.8 Å². The molecular formula is C27H36O8. The molecule has 35 heavy (non-hydrogen) atoms. The Labute approximate surface area is 206 Å². The highest BCUT2D eigenvalue weighted by molar-refractivity contribution is 5.82. The molecule has 192 valence electrons. The maximum atomic E-state index is 13.6. The molecule has 2 atom stereocenters. The number of hydrogen-bond donors (Lipinski definition) is 0. The van der Waals surface area contributed by atoms with Crippen molar-refractivity contribution in [2.24, 2.45) is 27.6 Å². The molecule has 0 aromatic carbocycles. The summed E-state index contributed by atoms with van der Waals surface area (Å²) in [5, 5.41) is 0. The van der Waals surface area contributed by atoms with E-state index in [0.29, 0.717) is 5.92 Å². The predicted molar refractivity (Wildman–Crippen MR) is 127 cm³/mol. The van der Waals surface area contributed by atoms with Crippen molar-refractivity contribution in [2.75, 3.05) is 26.4 Å². The SMILES string of the molecule is C=CC(=O)OCC(COC(=O)C=C)(COC(=O)C=C)COC(=O)C12CC3CC(C)(CC(C)(C3)C1)C2. The summed E-state index contributed by atoms with van der Waals surface area (Å²) in [6, 6.07) is 0. The summed E-state index contributed by atoms with van der Waals surface area (Å²) in [5.74, 6) is -1.95. The zero-order valence-corrected chi connectivity index (χ0v) is 20.8. The molecule has 0 aromatic rings. The molecule has 0 N–H and O–H groups in total. The van der Waals surface area contributed by atoms with E-state index in [1.54, 1.807) is 0 Å². The van der Waals surface area contributed by atoms with Gasteiger partial charge >= 0.3 is 23.9 Å². The fourth-order valence-corrected chi connectivity index (χ4v) is 7.15. The van der Waals surface area contributed by atoms with Crippen molar-refractivity contribution in [3.05, 3.63) is 38.0 Å². The average Bonchev–Trinajstić information content (AvgIpc) is 2.79. The third kappa shape index (κ3) is 6.03. The molecular weight excluding hydrogens is 452 g/mol. The van der Waals surface area contributed by atoms with Crippen LogP contribution in [0.5, 0.6) is 0 Å². The molecule has 0 aromatic heterocycles. The van der Waals surface area contributed by atoms with Crippen molar-refractivity contribution in [1.29, 1.82) is 0 Å². The van der Waals surface area contributed by atoms with E-state index in [4.69, 9.17) is 18.9 Å². The molecule has 0 aliphatic heterocycles. The van der Waals surface area contributed by atoms with Crippen LogP contribution in [-0.4, -0.2) is 50.3 Å². The van der Waals surface area contributed by atoms with Gasteiger partial charge in [0.25, 0.3) is 0 Å². The van der Waals surface area contributed by atoms with Crippen LogP contribution < -0.4 is 0 Å². The van der Waals surface area contributed by atoms with E-state index in [9.17, 15) is 19.2 Å². The topological polar surface area (TPSA) is 105 Å². The molecule has 8 nitrogen and oxygen atoms in total. The second-order valence-electron chi connectivity index (χ2n) is 11.4. The zero-order chi connectivity index (χ0) is 25.9. The Bertz CT molecular complexity index is 840. The van der Waals surface area contributed by atoms with E-state index in [1.165, 1.54) is 0 Å². The first kappa shape index (κ1) is 26.7. The molecule has 4 saturated carbocycles. The fraction of sp³-hybridized carbons (Fsp3) is 0.630. The zero-order valence-electron chi connectivity index (χ0n) is 20.8. The standard InChI is InChI=1S/C27H36O8/c1-6-20(28)32-15-26(16-33-21(29)7-2,17-34-22(30)8-3)18-35-23(31)27-11-19-9-24(4,13-27)12-25(5,10-19)14-27/h6-8,19H,1-3,9-18H2,4-5H3. The fourth-order valence-electron chi connectivity index (χ4n) is 7.15. The molecule has 2 unspecified atom stereocenters. The summed E-state index contributed by atoms with van der Waals surface area (Å²) in [6.07, 6.45) is 8.69. The van der Waals surface area contributed by atoms with Gasteiger partial charge < -0.3 is 18.9 Å². The first-order chi connectivity index (χ1) is 16.4. The lowest BCUT2D eigenvalue weighted by Crippen LogP contribution is -2.58. The van der Waals surface area contributed by atoms with Gasteiger partial charge in [-0.1, -0.05) is 33.6 Å². The van der Waals surface area contributed by atoms with Gasteiger partial charge in [-0.2, -0.15) is 0 Å². The number of ether oxygens (including phenoxy) is 4. The molecule has 4 rings (SSSR count). The molecule has 0 amide bonds. The molecule has 0 saturated heterocycles. The van der Waals surface area contributed by atoms with Gasteiger partial charge in [-0.25, -0.2) is 14.4 Å². The summed E-state index contributed by atoms with van der Waals surface area (Å²) in [6.45, 7) is 13.4. The number of carbonyl (C=O) groups excluding carboxylic acids is 4. The quantitative estimate of drug-likeness (QED) is 0.233. The van der Waals surface area contributed by atoms with Gasteiger partial charge in [0.2, 0.25) is 0 Å². The van der Waals surface area contributed by atoms with Gasteiger partial charge in [0, 0.05) is 18.2 Å². The Morgan fingerprint density at radius 3 is 1.49 bits per heavy atom. The van der Waals surface area contributed by atoms with E-state index in [2.05, 4.69) is 33.6 Å². The normalized spacial score (nSPS) is 30.6. The van der Waals surface area contributed by atoms with Crippen molar-refractivity contribution in [3.8, 4) is 0 Å². The average molecular weight is 489 g/mol. The van der Waals surface area contributed by atoms with Crippen LogP contribution in [0.3, 0.4) is 0 Å². The van der Waals surface area contributed by atoms with Gasteiger partial charge in [0.1, 0.15) is 31.8 Å². The molecule has 8 heteroatoms. The summed E-state index contributed by atoms with van der Waals surface area (Å²) in [5.41, 5.74) is -1.66. The lowest BCUT2D eigenvalue weighted by atomic mass is 9.40. The number of carbonyl (C=O) groups is 4. The van der Waals surface area contributed by atoms with Gasteiger partial charge in [-0.3, -0.25) is 4.79 Å². The smallest absolute Gasteiger partial charge is 0.330 e. The summed E-state index contributed by atoms with van der Waals surface area (Å²) >= 11 is 0. The van der Waals surface area contributed by atoms with Crippen LogP contribution in [0.15, 0.2) is 38.0 Å². The van der Waals surface area contributed by atoms with Crippen LogP contribution in [-0.2, 0) is 38.1 Å². The Morgan fingerprint density at radius 1 is 0.714 bits per heavy atom. The van der Waals surface area contributed by atoms with Crippen molar-refractivity contribution >= 4 is 23.9 Å². The third-order valence-corrected chi connectivity index (χ3v) is 7.63. The molecule has 0 heterocycles. The van der Waals surface area contributed by atoms with Crippen molar-refractivity contribution < 1.29 is 38.1 Å². The molecule has 0 radical (unpaired) electrons. The molecule has 0 spiro atoms. The minimum Gasteiger partial charge on any atom is -0.464 e. The van der Waals surface area contributed by atoms with E-state index in [-0.39, 0.29) is 43.2 Å². The van der Waals surface area contributed by atoms with Crippen LogP contribution >= 0.6 is 0 Å². The van der Waals surface area contributed by atoms with Crippen molar-refractivity contribution in [3.63, 3.8) is 0 Å². The minimum absolute atomic E-state index is 0.114. The summed E-state index contributed by atoms with van der Waals surface area (Å²) in [7, 11) is 0. The van der Waals surface area contributed by atoms with E-state index >= 15 is 0 Å². The van der Waals surface area contributed by atoms with Gasteiger partial charge in [0.05, 0.1) is 5.41 Å². The highest BCUT2D eigenvalue weighted by Gasteiger charge is 2.63. The lowest BCUT2D eigenvalue weighted by molar-refractivity contribution is -0.198. The second-order valence-corrected chi connectivity index (χ2v) is 11.4. The van der Waals surface area contributed by atoms with Crippen LogP contribution in [0.25, 0.3) is 0 Å². The van der Waals surface area contributed by atoms with E-state index in [1.807, 2.05) is 0 Å². The van der Waals surface area contributed by atoms with Crippen LogP contribution in [0.1, 0.15) is 52.4 Å². The van der Waals surface area contributed by atoms with Gasteiger partial charge in [0.15, 0.2) is 0 Å². The maximum Gasteiger partial charge on any atom is 0.330 e.